The molecule has 0 aliphatic heterocycles. The summed E-state index contributed by atoms with van der Waals surface area (Å²) in [6.07, 6.45) is 2.65. The number of carbonyl (C=O) groups is 3. The number of carbonyl (C=O) groups excluding carboxylic acids is 3. The first kappa shape index (κ1) is 21.0. The zero-order valence-electron chi connectivity index (χ0n) is 16.9. The average molecular weight is 420 g/mol. The predicted octanol–water partition coefficient (Wildman–Crippen LogP) is 3.63. The normalized spacial score (nSPS) is 12.7. The highest BCUT2D eigenvalue weighted by molar-refractivity contribution is 7.17. The summed E-state index contributed by atoms with van der Waals surface area (Å²) in [6, 6.07) is 0. The fourth-order valence-electron chi connectivity index (χ4n) is 3.31. The Hall–Kier alpha value is -2.68. The number of rotatable bonds is 7. The van der Waals surface area contributed by atoms with Crippen LogP contribution in [0.1, 0.15) is 75.7 Å². The Morgan fingerprint density at radius 2 is 1.90 bits per heavy atom. The van der Waals surface area contributed by atoms with Crippen LogP contribution in [-0.4, -0.2) is 36.2 Å². The van der Waals surface area contributed by atoms with E-state index in [1.807, 2.05) is 13.8 Å². The summed E-state index contributed by atoms with van der Waals surface area (Å²) in [5, 5.41) is 6.94. The highest BCUT2D eigenvalue weighted by atomic mass is 32.1. The van der Waals surface area contributed by atoms with E-state index >= 15 is 0 Å². The number of thiophene rings is 1. The number of ether oxygens (including phenoxy) is 2. The van der Waals surface area contributed by atoms with E-state index < -0.39 is 24.5 Å². The van der Waals surface area contributed by atoms with Crippen LogP contribution in [0.2, 0.25) is 0 Å². The molecule has 0 saturated heterocycles. The van der Waals surface area contributed by atoms with Crippen molar-refractivity contribution in [1.29, 1.82) is 0 Å². The van der Waals surface area contributed by atoms with Crippen LogP contribution < -0.4 is 5.32 Å². The van der Waals surface area contributed by atoms with Gasteiger partial charge in [0, 0.05) is 10.8 Å². The van der Waals surface area contributed by atoms with Crippen LogP contribution in [0.25, 0.3) is 0 Å². The van der Waals surface area contributed by atoms with Gasteiger partial charge in [0.2, 0.25) is 0 Å². The second kappa shape index (κ2) is 8.77. The molecule has 1 amide bonds. The average Bonchev–Trinajstić information content (AvgIpc) is 3.33. The summed E-state index contributed by atoms with van der Waals surface area (Å²) in [7, 11) is 0. The fourth-order valence-corrected chi connectivity index (χ4v) is 4.60. The quantitative estimate of drug-likeness (QED) is 0.682. The van der Waals surface area contributed by atoms with Crippen molar-refractivity contribution in [3.63, 3.8) is 0 Å². The molecular weight excluding hydrogens is 396 g/mol. The number of amides is 1. The van der Waals surface area contributed by atoms with Crippen LogP contribution >= 0.6 is 11.3 Å². The van der Waals surface area contributed by atoms with Gasteiger partial charge in [0.05, 0.1) is 17.9 Å². The molecule has 156 valence electrons. The second-order valence-corrected chi connectivity index (χ2v) is 8.17. The topological polar surface area (TPSA) is 108 Å². The number of anilines is 1. The Labute approximate surface area is 172 Å². The first-order valence-electron chi connectivity index (χ1n) is 9.58. The van der Waals surface area contributed by atoms with E-state index in [0.717, 1.165) is 29.7 Å². The zero-order valence-corrected chi connectivity index (χ0v) is 17.7. The third-order valence-corrected chi connectivity index (χ3v) is 5.81. The van der Waals surface area contributed by atoms with Gasteiger partial charge in [-0.15, -0.1) is 11.3 Å². The summed E-state index contributed by atoms with van der Waals surface area (Å²) in [4.78, 5) is 38.2. The Morgan fingerprint density at radius 3 is 2.59 bits per heavy atom. The minimum absolute atomic E-state index is 0.0479. The predicted molar refractivity (Wildman–Crippen MR) is 107 cm³/mol. The number of aryl methyl sites for hydroxylation is 2. The molecule has 2 aromatic rings. The van der Waals surface area contributed by atoms with E-state index in [4.69, 9.17) is 14.0 Å². The first-order chi connectivity index (χ1) is 13.8. The van der Waals surface area contributed by atoms with Crippen LogP contribution in [0.5, 0.6) is 0 Å². The van der Waals surface area contributed by atoms with E-state index in [0.29, 0.717) is 22.0 Å². The maximum Gasteiger partial charge on any atom is 0.344 e. The van der Waals surface area contributed by atoms with Gasteiger partial charge in [-0.25, -0.2) is 9.59 Å². The van der Waals surface area contributed by atoms with E-state index in [-0.39, 0.29) is 18.1 Å². The van der Waals surface area contributed by atoms with Crippen LogP contribution in [0, 0.1) is 6.92 Å². The third kappa shape index (κ3) is 4.34. The lowest BCUT2D eigenvalue weighted by molar-refractivity contribution is -0.119. The fraction of sp³-hybridized carbons (Fsp3) is 0.500. The molecule has 1 aliphatic carbocycles. The van der Waals surface area contributed by atoms with E-state index in [2.05, 4.69) is 10.5 Å². The number of nitrogens with one attached hydrogen (secondary N) is 1. The highest BCUT2D eigenvalue weighted by Crippen LogP contribution is 2.39. The second-order valence-electron chi connectivity index (χ2n) is 7.07. The number of hydrogen-bond acceptors (Lipinski definition) is 8. The number of esters is 2. The maximum atomic E-state index is 12.4. The van der Waals surface area contributed by atoms with Gasteiger partial charge >= 0.3 is 11.9 Å². The lowest BCUT2D eigenvalue weighted by atomic mass is 10.1. The molecule has 0 unspecified atom stereocenters. The molecule has 0 saturated carbocycles. The van der Waals surface area contributed by atoms with Crippen molar-refractivity contribution in [1.82, 2.24) is 5.16 Å². The van der Waals surface area contributed by atoms with Crippen molar-refractivity contribution < 1.29 is 28.4 Å². The monoisotopic (exact) mass is 420 g/mol. The minimum atomic E-state index is -0.665. The lowest BCUT2D eigenvalue weighted by Gasteiger charge is -2.09. The molecule has 0 bridgehead atoms. The number of nitrogens with zero attached hydrogens (tertiary/aromatic N) is 1. The molecule has 1 N–H and O–H groups in total. The van der Waals surface area contributed by atoms with E-state index in [1.165, 1.54) is 11.3 Å². The molecule has 0 atom stereocenters. The molecule has 1 aliphatic rings. The first-order valence-corrected chi connectivity index (χ1v) is 10.4. The van der Waals surface area contributed by atoms with Gasteiger partial charge in [-0.3, -0.25) is 4.79 Å². The smallest absolute Gasteiger partial charge is 0.344 e. The molecule has 0 aromatic carbocycles. The van der Waals surface area contributed by atoms with Gasteiger partial charge in [0.1, 0.15) is 10.6 Å². The largest absolute Gasteiger partial charge is 0.462 e. The van der Waals surface area contributed by atoms with Crippen LogP contribution in [0.15, 0.2) is 4.52 Å². The van der Waals surface area contributed by atoms with Crippen LogP contribution in [0.4, 0.5) is 5.00 Å². The van der Waals surface area contributed by atoms with Gasteiger partial charge in [-0.2, -0.15) is 0 Å². The summed E-state index contributed by atoms with van der Waals surface area (Å²) in [6.45, 7) is 6.90. The summed E-state index contributed by atoms with van der Waals surface area (Å²) < 4.78 is 15.5. The molecule has 2 aromatic heterocycles. The summed E-state index contributed by atoms with van der Waals surface area (Å²) in [5.74, 6) is -1.26. The molecule has 29 heavy (non-hydrogen) atoms. The number of fused-ring (bicyclic) bond motifs is 1. The maximum absolute atomic E-state index is 12.4. The molecular formula is C20H24N2O6S. The Morgan fingerprint density at radius 1 is 1.17 bits per heavy atom. The summed E-state index contributed by atoms with van der Waals surface area (Å²) in [5.41, 5.74) is 2.02. The van der Waals surface area contributed by atoms with Gasteiger partial charge in [0.25, 0.3) is 5.91 Å². The van der Waals surface area contributed by atoms with Crippen molar-refractivity contribution in [3.05, 3.63) is 33.0 Å². The van der Waals surface area contributed by atoms with Gasteiger partial charge in [-0.05, 0) is 38.7 Å². The SMILES string of the molecule is CCOC(=O)c1c(NC(=O)COC(=O)c2c(C)noc2C(C)C)sc2c1CCC2. The Kier molecular flexibility index (Phi) is 6.36. The van der Waals surface area contributed by atoms with Crippen molar-refractivity contribution in [2.75, 3.05) is 18.5 Å². The van der Waals surface area contributed by atoms with Crippen molar-refractivity contribution >= 4 is 34.2 Å². The van der Waals surface area contributed by atoms with Gasteiger partial charge in [0.15, 0.2) is 12.4 Å². The minimum Gasteiger partial charge on any atom is -0.462 e. The molecule has 0 fully saturated rings. The Bertz CT molecular complexity index is 943. The summed E-state index contributed by atoms with van der Waals surface area (Å²) >= 11 is 1.37. The molecule has 9 heteroatoms. The van der Waals surface area contributed by atoms with Crippen molar-refractivity contribution in [3.8, 4) is 0 Å². The molecule has 8 nitrogen and oxygen atoms in total. The standard InChI is InChI=1S/C20H24N2O6S/c1-5-26-20(25)16-12-7-6-8-13(12)29-18(16)21-14(23)9-27-19(24)15-11(4)22-28-17(15)10(2)3/h10H,5-9H2,1-4H3,(H,21,23). The third-order valence-electron chi connectivity index (χ3n) is 4.61. The Balaban J connectivity index is 1.69. The molecule has 3 rings (SSSR count). The highest BCUT2D eigenvalue weighted by Gasteiger charge is 2.29. The van der Waals surface area contributed by atoms with Gasteiger partial charge < -0.3 is 19.3 Å². The van der Waals surface area contributed by atoms with Crippen LogP contribution in [-0.2, 0) is 27.1 Å². The van der Waals surface area contributed by atoms with E-state index in [1.54, 1.807) is 13.8 Å². The number of aromatic nitrogens is 1. The molecule has 0 radical (unpaired) electrons. The van der Waals surface area contributed by atoms with Crippen molar-refractivity contribution in [2.24, 2.45) is 0 Å². The van der Waals surface area contributed by atoms with Crippen LogP contribution in [0.3, 0.4) is 0 Å². The van der Waals surface area contributed by atoms with Gasteiger partial charge in [-0.1, -0.05) is 19.0 Å². The number of hydrogen-bond donors (Lipinski definition) is 1. The van der Waals surface area contributed by atoms with Crippen molar-refractivity contribution in [2.45, 2.75) is 52.9 Å². The molecule has 2 heterocycles. The zero-order chi connectivity index (χ0) is 21.1. The lowest BCUT2D eigenvalue weighted by Crippen LogP contribution is -2.22. The molecule has 0 spiro atoms. The van der Waals surface area contributed by atoms with E-state index in [9.17, 15) is 14.4 Å².